The van der Waals surface area contributed by atoms with E-state index in [1.165, 1.54) is 20.4 Å². The number of nitrogens with one attached hydrogen (secondary N) is 2. The van der Waals surface area contributed by atoms with Crippen molar-refractivity contribution in [1.82, 2.24) is 15.4 Å². The summed E-state index contributed by atoms with van der Waals surface area (Å²) in [6, 6.07) is 8.65. The summed E-state index contributed by atoms with van der Waals surface area (Å²) in [4.78, 5) is 19.3. The van der Waals surface area contributed by atoms with Crippen LogP contribution in [0.3, 0.4) is 0 Å². The smallest absolute Gasteiger partial charge is 0.271 e. The van der Waals surface area contributed by atoms with Gasteiger partial charge in [-0.05, 0) is 30.3 Å². The van der Waals surface area contributed by atoms with Crippen molar-refractivity contribution < 1.29 is 19.0 Å². The molecule has 0 aliphatic carbocycles. The maximum absolute atomic E-state index is 12.2. The van der Waals surface area contributed by atoms with Crippen molar-refractivity contribution in [3.63, 3.8) is 0 Å². The van der Waals surface area contributed by atoms with Gasteiger partial charge >= 0.3 is 0 Å². The first-order valence-electron chi connectivity index (χ1n) is 7.73. The van der Waals surface area contributed by atoms with E-state index in [9.17, 15) is 4.79 Å². The molecule has 0 saturated heterocycles. The van der Waals surface area contributed by atoms with Crippen molar-refractivity contribution in [3.8, 4) is 17.2 Å². The number of carbonyl (C=O) groups is 1. The average Bonchev–Trinajstić information content (AvgIpc) is 3.14. The summed E-state index contributed by atoms with van der Waals surface area (Å²) in [6.45, 7) is 0. The minimum Gasteiger partial charge on any atom is -0.493 e. The fourth-order valence-corrected chi connectivity index (χ4v) is 2.53. The number of aromatic nitrogens is 2. The highest BCUT2D eigenvalue weighted by Gasteiger charge is 2.14. The van der Waals surface area contributed by atoms with Crippen LogP contribution in [0.5, 0.6) is 17.2 Å². The van der Waals surface area contributed by atoms with Crippen LogP contribution in [-0.2, 0) is 0 Å². The van der Waals surface area contributed by atoms with Crippen LogP contribution in [0.4, 0.5) is 0 Å². The first-order valence-corrected chi connectivity index (χ1v) is 7.73. The van der Waals surface area contributed by atoms with Crippen molar-refractivity contribution in [2.24, 2.45) is 5.10 Å². The van der Waals surface area contributed by atoms with Gasteiger partial charge in [0.1, 0.15) is 0 Å². The van der Waals surface area contributed by atoms with Gasteiger partial charge in [0, 0.05) is 11.1 Å². The molecule has 0 bridgehead atoms. The Labute approximate surface area is 149 Å². The second-order valence-corrected chi connectivity index (χ2v) is 5.26. The number of hydrogen-bond donors (Lipinski definition) is 2. The molecule has 0 fully saturated rings. The third-order valence-electron chi connectivity index (χ3n) is 3.79. The van der Waals surface area contributed by atoms with E-state index < -0.39 is 0 Å². The minimum absolute atomic E-state index is 0.336. The lowest BCUT2D eigenvalue weighted by Crippen LogP contribution is -2.17. The molecule has 3 aromatic rings. The van der Waals surface area contributed by atoms with Gasteiger partial charge in [-0.25, -0.2) is 10.4 Å². The van der Waals surface area contributed by atoms with Gasteiger partial charge in [0.2, 0.25) is 5.75 Å². The summed E-state index contributed by atoms with van der Waals surface area (Å²) in [5, 5.41) is 4.00. The van der Waals surface area contributed by atoms with Gasteiger partial charge in [-0.15, -0.1) is 0 Å². The number of rotatable bonds is 6. The van der Waals surface area contributed by atoms with Crippen molar-refractivity contribution >= 4 is 23.2 Å². The number of nitrogens with zero attached hydrogens (tertiary/aromatic N) is 2. The number of aromatic amines is 1. The van der Waals surface area contributed by atoms with E-state index in [4.69, 9.17) is 14.2 Å². The Morgan fingerprint density at radius 1 is 1.12 bits per heavy atom. The van der Waals surface area contributed by atoms with Crippen molar-refractivity contribution in [2.75, 3.05) is 21.3 Å². The molecule has 1 heterocycles. The first-order chi connectivity index (χ1) is 12.7. The Bertz CT molecular complexity index is 965. The molecule has 0 radical (unpaired) electrons. The molecule has 134 valence electrons. The molecule has 0 saturated carbocycles. The summed E-state index contributed by atoms with van der Waals surface area (Å²) in [7, 11) is 4.59. The Balaban J connectivity index is 1.78. The predicted molar refractivity (Wildman–Crippen MR) is 97.3 cm³/mol. The Morgan fingerprint density at radius 2 is 1.92 bits per heavy atom. The number of amides is 1. The molecule has 0 spiro atoms. The fraction of sp³-hybridized carbons (Fsp3) is 0.167. The molecule has 0 aliphatic heterocycles. The van der Waals surface area contributed by atoms with Crippen molar-refractivity contribution in [1.29, 1.82) is 0 Å². The van der Waals surface area contributed by atoms with Gasteiger partial charge < -0.3 is 19.2 Å². The van der Waals surface area contributed by atoms with Crippen LogP contribution < -0.4 is 19.6 Å². The van der Waals surface area contributed by atoms with E-state index in [0.717, 1.165) is 11.0 Å². The highest BCUT2D eigenvalue weighted by molar-refractivity contribution is 5.98. The molecule has 8 nitrogen and oxygen atoms in total. The standard InChI is InChI=1S/C18H18N4O4/c1-24-15-7-5-12(16(25-2)17(15)26-3)9-21-22-18(23)11-4-6-13-14(8-11)20-10-19-13/h4-10H,1-3H3,(H,19,20)(H,22,23)/b21-9-. The molecule has 0 unspecified atom stereocenters. The molecule has 26 heavy (non-hydrogen) atoms. The maximum Gasteiger partial charge on any atom is 0.271 e. The number of hydrogen-bond acceptors (Lipinski definition) is 6. The van der Waals surface area contributed by atoms with Crippen LogP contribution in [0.25, 0.3) is 11.0 Å². The van der Waals surface area contributed by atoms with E-state index in [1.807, 2.05) is 0 Å². The summed E-state index contributed by atoms with van der Waals surface area (Å²) in [6.07, 6.45) is 3.06. The van der Waals surface area contributed by atoms with E-state index in [-0.39, 0.29) is 5.91 Å². The Morgan fingerprint density at radius 3 is 2.65 bits per heavy atom. The zero-order valence-corrected chi connectivity index (χ0v) is 14.6. The van der Waals surface area contributed by atoms with Gasteiger partial charge in [-0.3, -0.25) is 4.79 Å². The predicted octanol–water partition coefficient (Wildman–Crippen LogP) is 2.35. The van der Waals surface area contributed by atoms with E-state index in [0.29, 0.717) is 28.4 Å². The average molecular weight is 354 g/mol. The highest BCUT2D eigenvalue weighted by Crippen LogP contribution is 2.38. The fourth-order valence-electron chi connectivity index (χ4n) is 2.53. The normalized spacial score (nSPS) is 10.9. The summed E-state index contributed by atoms with van der Waals surface area (Å²) >= 11 is 0. The third kappa shape index (κ3) is 3.30. The van der Waals surface area contributed by atoms with Crippen LogP contribution in [0.2, 0.25) is 0 Å². The third-order valence-corrected chi connectivity index (χ3v) is 3.79. The molecule has 2 N–H and O–H groups in total. The molecule has 2 aromatic carbocycles. The lowest BCUT2D eigenvalue weighted by molar-refractivity contribution is 0.0955. The summed E-state index contributed by atoms with van der Waals surface area (Å²) in [5.74, 6) is 1.12. The molecular weight excluding hydrogens is 336 g/mol. The van der Waals surface area contributed by atoms with E-state index >= 15 is 0 Å². The number of H-pyrrole nitrogens is 1. The Hall–Kier alpha value is -3.55. The molecular formula is C18H18N4O4. The number of methoxy groups -OCH3 is 3. The van der Waals surface area contributed by atoms with Gasteiger partial charge in [0.05, 0.1) is 44.9 Å². The molecule has 8 heteroatoms. The number of carbonyl (C=O) groups excluding carboxylic acids is 1. The van der Waals surface area contributed by atoms with E-state index in [2.05, 4.69) is 20.5 Å². The molecule has 1 aromatic heterocycles. The quantitative estimate of drug-likeness (QED) is 0.523. The monoisotopic (exact) mass is 354 g/mol. The van der Waals surface area contributed by atoms with Crippen LogP contribution in [0, 0.1) is 0 Å². The first kappa shape index (κ1) is 17.3. The molecule has 1 amide bonds. The van der Waals surface area contributed by atoms with Crippen molar-refractivity contribution in [3.05, 3.63) is 47.8 Å². The maximum atomic E-state index is 12.2. The molecule has 0 aliphatic rings. The van der Waals surface area contributed by atoms with Gasteiger partial charge in [0.25, 0.3) is 5.91 Å². The number of ether oxygens (including phenoxy) is 3. The summed E-state index contributed by atoms with van der Waals surface area (Å²) in [5.41, 5.74) is 5.17. The second kappa shape index (κ2) is 7.56. The number of hydrazone groups is 1. The lowest BCUT2D eigenvalue weighted by Gasteiger charge is -2.13. The zero-order chi connectivity index (χ0) is 18.5. The highest BCUT2D eigenvalue weighted by atomic mass is 16.5. The molecule has 0 atom stereocenters. The van der Waals surface area contributed by atoms with Gasteiger partial charge in [-0.2, -0.15) is 5.10 Å². The number of imidazole rings is 1. The van der Waals surface area contributed by atoms with Crippen LogP contribution in [0.15, 0.2) is 41.8 Å². The van der Waals surface area contributed by atoms with Crippen LogP contribution in [0.1, 0.15) is 15.9 Å². The van der Waals surface area contributed by atoms with E-state index in [1.54, 1.807) is 43.8 Å². The number of fused-ring (bicyclic) bond motifs is 1. The number of benzene rings is 2. The van der Waals surface area contributed by atoms with Gasteiger partial charge in [-0.1, -0.05) is 0 Å². The van der Waals surface area contributed by atoms with Crippen LogP contribution in [-0.4, -0.2) is 43.4 Å². The van der Waals surface area contributed by atoms with Crippen molar-refractivity contribution in [2.45, 2.75) is 0 Å². The minimum atomic E-state index is -0.336. The van der Waals surface area contributed by atoms with Gasteiger partial charge in [0.15, 0.2) is 11.5 Å². The molecule has 3 rings (SSSR count). The topological polar surface area (TPSA) is 97.8 Å². The summed E-state index contributed by atoms with van der Waals surface area (Å²) < 4.78 is 15.9. The zero-order valence-electron chi connectivity index (χ0n) is 14.6. The largest absolute Gasteiger partial charge is 0.493 e. The lowest BCUT2D eigenvalue weighted by atomic mass is 10.2. The second-order valence-electron chi connectivity index (χ2n) is 5.26. The SMILES string of the molecule is COc1ccc(/C=N\NC(=O)c2ccc3nc[nH]c3c2)c(OC)c1OC. The van der Waals surface area contributed by atoms with Crippen LogP contribution >= 0.6 is 0 Å². The Kier molecular flexibility index (Phi) is 5.02.